The lowest BCUT2D eigenvalue weighted by molar-refractivity contribution is -0.0593. The number of ether oxygens (including phenoxy) is 1. The van der Waals surface area contributed by atoms with E-state index in [1.165, 1.54) is 5.56 Å². The molecule has 5 rings (SSSR count). The van der Waals surface area contributed by atoms with E-state index in [-0.39, 0.29) is 17.0 Å². The van der Waals surface area contributed by atoms with Gasteiger partial charge in [-0.25, -0.2) is 9.59 Å². The molecule has 0 aromatic carbocycles. The largest absolute Gasteiger partial charge is 0.478 e. The zero-order valence-corrected chi connectivity index (χ0v) is 16.9. The molecule has 8 heteroatoms. The minimum absolute atomic E-state index is 0.0962. The van der Waals surface area contributed by atoms with Gasteiger partial charge in [0.25, 0.3) is 0 Å². The lowest BCUT2D eigenvalue weighted by Gasteiger charge is -2.35. The summed E-state index contributed by atoms with van der Waals surface area (Å²) in [6.45, 7) is 4.92. The van der Waals surface area contributed by atoms with Crippen molar-refractivity contribution in [2.45, 2.75) is 56.5 Å². The first-order valence-corrected chi connectivity index (χ1v) is 10.1. The van der Waals surface area contributed by atoms with Gasteiger partial charge in [-0.1, -0.05) is 11.2 Å². The summed E-state index contributed by atoms with van der Waals surface area (Å²) in [7, 11) is 0. The third-order valence-corrected chi connectivity index (χ3v) is 6.43. The molecule has 2 aromatic rings. The lowest BCUT2D eigenvalue weighted by atomic mass is 9.84. The van der Waals surface area contributed by atoms with E-state index in [4.69, 9.17) is 9.57 Å². The average molecular weight is 409 g/mol. The van der Waals surface area contributed by atoms with Gasteiger partial charge in [0.05, 0.1) is 22.1 Å². The van der Waals surface area contributed by atoms with Crippen molar-refractivity contribution in [2.75, 3.05) is 6.61 Å². The molecular weight excluding hydrogens is 386 g/mol. The molecule has 0 unspecified atom stereocenters. The summed E-state index contributed by atoms with van der Waals surface area (Å²) in [5, 5.41) is 16.7. The number of carbonyl (C=O) groups excluding carboxylic acids is 1. The number of hydrogen-bond donors (Lipinski definition) is 2. The number of nitrogens with zero attached hydrogens (tertiary/aromatic N) is 2. The first-order valence-electron chi connectivity index (χ1n) is 10.1. The van der Waals surface area contributed by atoms with Crippen molar-refractivity contribution in [3.05, 3.63) is 47.1 Å². The van der Waals surface area contributed by atoms with Gasteiger partial charge >= 0.3 is 11.9 Å². The van der Waals surface area contributed by atoms with Crippen LogP contribution in [-0.2, 0) is 19.8 Å². The molecule has 8 nitrogen and oxygen atoms in total. The molecule has 0 bridgehead atoms. The first-order chi connectivity index (χ1) is 14.3. The number of pyridine rings is 1. The van der Waals surface area contributed by atoms with Gasteiger partial charge in [0, 0.05) is 24.6 Å². The summed E-state index contributed by atoms with van der Waals surface area (Å²) in [6, 6.07) is 4.08. The Morgan fingerprint density at radius 3 is 2.77 bits per heavy atom. The van der Waals surface area contributed by atoms with Crippen molar-refractivity contribution in [3.63, 3.8) is 0 Å². The van der Waals surface area contributed by atoms with E-state index >= 15 is 0 Å². The molecule has 2 N–H and O–H groups in total. The zero-order chi connectivity index (χ0) is 21.1. The van der Waals surface area contributed by atoms with Crippen LogP contribution in [0.1, 0.15) is 66.9 Å². The molecule has 3 aliphatic rings. The predicted molar refractivity (Wildman–Crippen MR) is 108 cm³/mol. The molecule has 4 heterocycles. The summed E-state index contributed by atoms with van der Waals surface area (Å²) in [4.78, 5) is 27.9. The van der Waals surface area contributed by atoms with Crippen molar-refractivity contribution in [1.29, 1.82) is 0 Å². The highest BCUT2D eigenvalue weighted by Crippen LogP contribution is 2.53. The molecular formula is C22H23N3O5. The first kappa shape index (κ1) is 18.9. The molecule has 0 spiro atoms. The van der Waals surface area contributed by atoms with Crippen LogP contribution in [0.3, 0.4) is 0 Å². The highest BCUT2D eigenvalue weighted by Gasteiger charge is 2.54. The number of carbonyl (C=O) groups is 1. The number of hydrogen-bond acceptors (Lipinski definition) is 6. The SMILES string of the molecule is CC1(C)C[C@@H](c2ccc3c(C4(C5=NOC(=C=O)N5)CC4)c(C(=O)O)cn3c2)CCO1. The molecule has 30 heavy (non-hydrogen) atoms. The van der Waals surface area contributed by atoms with Crippen LogP contribution in [0.2, 0.25) is 0 Å². The van der Waals surface area contributed by atoms with Gasteiger partial charge in [-0.15, -0.1) is 0 Å². The average Bonchev–Trinajstić information content (AvgIpc) is 3.20. The second-order valence-electron chi connectivity index (χ2n) is 8.95. The van der Waals surface area contributed by atoms with Crippen molar-refractivity contribution in [2.24, 2.45) is 5.16 Å². The number of fused-ring (bicyclic) bond motifs is 1. The maximum Gasteiger partial charge on any atom is 0.337 e. The minimum Gasteiger partial charge on any atom is -0.478 e. The van der Waals surface area contributed by atoms with Crippen molar-refractivity contribution in [3.8, 4) is 0 Å². The van der Waals surface area contributed by atoms with Gasteiger partial charge in [0.1, 0.15) is 0 Å². The molecule has 1 aliphatic carbocycles. The molecule has 0 amide bonds. The Labute approximate surface area is 173 Å². The Bertz CT molecular complexity index is 1140. The van der Waals surface area contributed by atoms with Crippen LogP contribution < -0.4 is 5.32 Å². The Morgan fingerprint density at radius 1 is 1.33 bits per heavy atom. The number of oxime groups is 1. The molecule has 156 valence electrons. The summed E-state index contributed by atoms with van der Waals surface area (Å²) >= 11 is 0. The van der Waals surface area contributed by atoms with Gasteiger partial charge in [-0.2, -0.15) is 0 Å². The van der Waals surface area contributed by atoms with Crippen LogP contribution in [0.5, 0.6) is 0 Å². The highest BCUT2D eigenvalue weighted by atomic mass is 16.7. The fourth-order valence-electron chi connectivity index (χ4n) is 4.84. The lowest BCUT2D eigenvalue weighted by Crippen LogP contribution is -2.33. The van der Waals surface area contributed by atoms with Gasteiger partial charge in [-0.05, 0) is 57.1 Å². The van der Waals surface area contributed by atoms with Crippen LogP contribution >= 0.6 is 0 Å². The molecule has 1 saturated carbocycles. The molecule has 2 aromatic heterocycles. The quantitative estimate of drug-likeness (QED) is 0.753. The number of aromatic nitrogens is 1. The topological polar surface area (TPSA) is 102 Å². The van der Waals surface area contributed by atoms with Gasteiger partial charge in [0.2, 0.25) is 0 Å². The van der Waals surface area contributed by atoms with Crippen LogP contribution in [0, 0.1) is 0 Å². The van der Waals surface area contributed by atoms with E-state index in [2.05, 4.69) is 30.4 Å². The molecule has 2 aliphatic heterocycles. The number of carboxylic acid groups (broad SMARTS) is 1. The monoisotopic (exact) mass is 409 g/mol. The van der Waals surface area contributed by atoms with E-state index in [1.807, 2.05) is 16.7 Å². The summed E-state index contributed by atoms with van der Waals surface area (Å²) < 4.78 is 7.75. The zero-order valence-electron chi connectivity index (χ0n) is 16.9. The van der Waals surface area contributed by atoms with Crippen molar-refractivity contribution in [1.82, 2.24) is 9.72 Å². The Morgan fingerprint density at radius 2 is 2.13 bits per heavy atom. The van der Waals surface area contributed by atoms with E-state index in [9.17, 15) is 14.7 Å². The van der Waals surface area contributed by atoms with E-state index in [1.54, 1.807) is 12.1 Å². The van der Waals surface area contributed by atoms with Gasteiger partial charge < -0.3 is 19.1 Å². The number of carboxylic acids is 1. The highest BCUT2D eigenvalue weighted by molar-refractivity contribution is 6.04. The van der Waals surface area contributed by atoms with Crippen molar-refractivity contribution < 1.29 is 24.3 Å². The van der Waals surface area contributed by atoms with Crippen LogP contribution in [-0.4, -0.2) is 39.5 Å². The van der Waals surface area contributed by atoms with Gasteiger partial charge in [-0.3, -0.25) is 5.32 Å². The summed E-state index contributed by atoms with van der Waals surface area (Å²) in [5.41, 5.74) is 2.19. The fraction of sp³-hybridized carbons (Fsp3) is 0.455. The normalized spacial score (nSPS) is 24.0. The van der Waals surface area contributed by atoms with E-state index in [0.29, 0.717) is 23.9 Å². The third kappa shape index (κ3) is 2.91. The Balaban J connectivity index is 1.58. The maximum absolute atomic E-state index is 12.1. The van der Waals surface area contributed by atoms with E-state index in [0.717, 1.165) is 31.2 Å². The third-order valence-electron chi connectivity index (χ3n) is 6.43. The molecule has 1 saturated heterocycles. The smallest absolute Gasteiger partial charge is 0.337 e. The molecule has 2 fully saturated rings. The number of rotatable bonds is 4. The second kappa shape index (κ2) is 6.45. The van der Waals surface area contributed by atoms with Crippen molar-refractivity contribution >= 4 is 23.3 Å². The summed E-state index contributed by atoms with van der Waals surface area (Å²) in [6.07, 6.45) is 7.02. The number of nitrogens with one attached hydrogen (secondary N) is 1. The predicted octanol–water partition coefficient (Wildman–Crippen LogP) is 2.95. The molecule has 0 radical (unpaired) electrons. The standard InChI is InChI=1S/C22H23N3O5/c1-21(2)9-13(5-8-29-21)14-3-4-16-18(15(19(27)28)11-25(16)10-14)22(6-7-22)20-23-17(12-26)30-24-20/h3-4,10-11,13H,5-9H2,1-2H3,(H,23,24)(H,27,28)/t13-/m0/s1. The second-order valence-corrected chi connectivity index (χ2v) is 8.95. The fourth-order valence-corrected chi connectivity index (χ4v) is 4.84. The Hall–Kier alpha value is -3.09. The van der Waals surface area contributed by atoms with Crippen LogP contribution in [0.4, 0.5) is 0 Å². The van der Waals surface area contributed by atoms with Crippen LogP contribution in [0.15, 0.2) is 35.6 Å². The number of amidine groups is 1. The maximum atomic E-state index is 12.1. The Kier molecular flexibility index (Phi) is 4.07. The summed E-state index contributed by atoms with van der Waals surface area (Å²) in [5.74, 6) is 1.40. The van der Waals surface area contributed by atoms with Gasteiger partial charge in [0.15, 0.2) is 11.8 Å². The molecule has 1 atom stereocenters. The van der Waals surface area contributed by atoms with E-state index < -0.39 is 11.4 Å². The van der Waals surface area contributed by atoms with Crippen LogP contribution in [0.25, 0.3) is 5.52 Å². The number of aromatic carboxylic acids is 1. The minimum atomic E-state index is -0.987.